The highest BCUT2D eigenvalue weighted by atomic mass is 16.5. The average molecular weight is 304 g/mol. The Balaban J connectivity index is 1.95. The molecule has 1 aliphatic rings. The zero-order valence-electron chi connectivity index (χ0n) is 12.9. The van der Waals surface area contributed by atoms with Crippen LogP contribution in [0, 0.1) is 5.92 Å². The summed E-state index contributed by atoms with van der Waals surface area (Å²) in [5.74, 6) is 0.325. The summed E-state index contributed by atoms with van der Waals surface area (Å²) in [6, 6.07) is 0. The average Bonchev–Trinajstić information content (AvgIpc) is 2.57. The highest BCUT2D eigenvalue weighted by Gasteiger charge is 2.23. The Labute approximate surface area is 127 Å². The van der Waals surface area contributed by atoms with E-state index in [1.54, 1.807) is 14.2 Å². The third-order valence-corrected chi connectivity index (χ3v) is 4.53. The van der Waals surface area contributed by atoms with E-state index in [1.165, 1.54) is 21.5 Å². The van der Waals surface area contributed by atoms with Gasteiger partial charge in [0.15, 0.2) is 11.2 Å². The van der Waals surface area contributed by atoms with Crippen molar-refractivity contribution in [2.24, 2.45) is 13.0 Å². The SMILES string of the molecule is COC1CCC(Cn2c(=O)c3nccnc3n(C)c2=O)CC1. The third-order valence-electron chi connectivity index (χ3n) is 4.53. The molecule has 0 N–H and O–H groups in total. The van der Waals surface area contributed by atoms with Crippen molar-refractivity contribution >= 4 is 11.2 Å². The van der Waals surface area contributed by atoms with Crippen LogP contribution < -0.4 is 11.2 Å². The number of ether oxygens (including phenoxy) is 1. The summed E-state index contributed by atoms with van der Waals surface area (Å²) in [5.41, 5.74) is -0.0982. The van der Waals surface area contributed by atoms with Crippen molar-refractivity contribution in [3.05, 3.63) is 33.2 Å². The Morgan fingerprint density at radius 2 is 1.86 bits per heavy atom. The normalized spacial score (nSPS) is 22.1. The number of methoxy groups -OCH3 is 1. The molecule has 0 spiro atoms. The van der Waals surface area contributed by atoms with Crippen LogP contribution >= 0.6 is 0 Å². The number of hydrogen-bond acceptors (Lipinski definition) is 5. The maximum atomic E-state index is 12.5. The second-order valence-corrected chi connectivity index (χ2v) is 5.86. The number of aryl methyl sites for hydroxylation is 1. The molecule has 0 radical (unpaired) electrons. The van der Waals surface area contributed by atoms with Crippen molar-refractivity contribution in [2.75, 3.05) is 7.11 Å². The minimum atomic E-state index is -0.347. The quantitative estimate of drug-likeness (QED) is 0.834. The molecule has 2 heterocycles. The molecule has 7 heteroatoms. The highest BCUT2D eigenvalue weighted by Crippen LogP contribution is 2.26. The van der Waals surface area contributed by atoms with Crippen molar-refractivity contribution in [1.29, 1.82) is 0 Å². The van der Waals surface area contributed by atoms with Gasteiger partial charge in [-0.3, -0.25) is 13.9 Å². The van der Waals surface area contributed by atoms with Gasteiger partial charge in [0, 0.05) is 33.1 Å². The fourth-order valence-corrected chi connectivity index (χ4v) is 3.18. The minimum absolute atomic E-state index is 0.246. The second kappa shape index (κ2) is 6.00. The van der Waals surface area contributed by atoms with E-state index in [9.17, 15) is 9.59 Å². The van der Waals surface area contributed by atoms with E-state index in [-0.39, 0.29) is 16.8 Å². The van der Waals surface area contributed by atoms with E-state index >= 15 is 0 Å². The summed E-state index contributed by atoms with van der Waals surface area (Å²) in [4.78, 5) is 33.1. The van der Waals surface area contributed by atoms with Crippen LogP contribution in [0.2, 0.25) is 0 Å². The van der Waals surface area contributed by atoms with Gasteiger partial charge < -0.3 is 4.74 Å². The molecular formula is C15H20N4O3. The molecule has 7 nitrogen and oxygen atoms in total. The number of nitrogens with zero attached hydrogens (tertiary/aromatic N) is 4. The van der Waals surface area contributed by atoms with E-state index in [0.717, 1.165) is 25.7 Å². The van der Waals surface area contributed by atoms with Crippen molar-refractivity contribution in [3.63, 3.8) is 0 Å². The van der Waals surface area contributed by atoms with Crippen LogP contribution in [0.4, 0.5) is 0 Å². The zero-order valence-corrected chi connectivity index (χ0v) is 12.9. The van der Waals surface area contributed by atoms with Gasteiger partial charge in [0.25, 0.3) is 5.56 Å². The molecule has 2 aromatic rings. The lowest BCUT2D eigenvalue weighted by atomic mass is 9.87. The van der Waals surface area contributed by atoms with Crippen LogP contribution in [0.25, 0.3) is 11.2 Å². The van der Waals surface area contributed by atoms with Gasteiger partial charge in [0.05, 0.1) is 6.10 Å². The van der Waals surface area contributed by atoms with E-state index in [2.05, 4.69) is 9.97 Å². The van der Waals surface area contributed by atoms with E-state index in [4.69, 9.17) is 4.74 Å². The standard InChI is InChI=1S/C15H20N4O3/c1-18-13-12(16-7-8-17-13)14(20)19(15(18)21)9-10-3-5-11(22-2)6-4-10/h7-8,10-11H,3-6,9H2,1-2H3. The Morgan fingerprint density at radius 3 is 2.55 bits per heavy atom. The van der Waals surface area contributed by atoms with Crippen molar-refractivity contribution < 1.29 is 4.74 Å². The van der Waals surface area contributed by atoms with Crippen molar-refractivity contribution in [2.45, 2.75) is 38.3 Å². The second-order valence-electron chi connectivity index (χ2n) is 5.86. The smallest absolute Gasteiger partial charge is 0.332 e. The van der Waals surface area contributed by atoms with Gasteiger partial charge in [-0.25, -0.2) is 14.8 Å². The summed E-state index contributed by atoms with van der Waals surface area (Å²) in [6.45, 7) is 0.439. The predicted octanol–water partition coefficient (Wildman–Crippen LogP) is 0.695. The zero-order chi connectivity index (χ0) is 15.7. The van der Waals surface area contributed by atoms with Crippen LogP contribution in [0.1, 0.15) is 25.7 Å². The molecule has 0 atom stereocenters. The lowest BCUT2D eigenvalue weighted by Gasteiger charge is -2.27. The van der Waals surface area contributed by atoms with E-state index in [1.807, 2.05) is 0 Å². The van der Waals surface area contributed by atoms with Gasteiger partial charge in [0.1, 0.15) is 0 Å². The molecule has 118 valence electrons. The predicted molar refractivity (Wildman–Crippen MR) is 81.8 cm³/mol. The summed E-state index contributed by atoms with van der Waals surface area (Å²) in [6.07, 6.45) is 7.14. The first-order chi connectivity index (χ1) is 10.6. The maximum absolute atomic E-state index is 12.5. The molecule has 22 heavy (non-hydrogen) atoms. The lowest BCUT2D eigenvalue weighted by molar-refractivity contribution is 0.0538. The molecule has 0 aromatic carbocycles. The van der Waals surface area contributed by atoms with Crippen LogP contribution in [0.3, 0.4) is 0 Å². The molecule has 0 saturated heterocycles. The molecular weight excluding hydrogens is 284 g/mol. The van der Waals surface area contributed by atoms with Gasteiger partial charge >= 0.3 is 5.69 Å². The number of aromatic nitrogens is 4. The molecule has 0 aliphatic heterocycles. The molecule has 1 fully saturated rings. The van der Waals surface area contributed by atoms with Gasteiger partial charge in [0.2, 0.25) is 0 Å². The maximum Gasteiger partial charge on any atom is 0.332 e. The largest absolute Gasteiger partial charge is 0.381 e. The molecule has 0 bridgehead atoms. The van der Waals surface area contributed by atoms with E-state index in [0.29, 0.717) is 24.2 Å². The Kier molecular flexibility index (Phi) is 4.06. The molecule has 0 unspecified atom stereocenters. The Hall–Kier alpha value is -2.02. The fraction of sp³-hybridized carbons (Fsp3) is 0.600. The topological polar surface area (TPSA) is 79.0 Å². The Bertz CT molecular complexity index is 787. The van der Waals surface area contributed by atoms with E-state index < -0.39 is 0 Å². The summed E-state index contributed by atoms with van der Waals surface area (Å²) in [7, 11) is 3.35. The first-order valence-electron chi connectivity index (χ1n) is 7.55. The highest BCUT2D eigenvalue weighted by molar-refractivity contribution is 5.67. The molecule has 2 aromatic heterocycles. The van der Waals surface area contributed by atoms with Crippen LogP contribution in [-0.4, -0.2) is 32.3 Å². The summed E-state index contributed by atoms with van der Waals surface area (Å²) in [5, 5.41) is 0. The fourth-order valence-electron chi connectivity index (χ4n) is 3.18. The van der Waals surface area contributed by atoms with Crippen molar-refractivity contribution in [1.82, 2.24) is 19.1 Å². The van der Waals surface area contributed by atoms with Crippen molar-refractivity contribution in [3.8, 4) is 0 Å². The van der Waals surface area contributed by atoms with Gasteiger partial charge in [-0.15, -0.1) is 0 Å². The molecule has 1 saturated carbocycles. The number of rotatable bonds is 3. The van der Waals surface area contributed by atoms with Gasteiger partial charge in [-0.05, 0) is 31.6 Å². The van der Waals surface area contributed by atoms with Gasteiger partial charge in [-0.2, -0.15) is 0 Å². The number of fused-ring (bicyclic) bond motifs is 1. The van der Waals surface area contributed by atoms with Gasteiger partial charge in [-0.1, -0.05) is 0 Å². The summed E-state index contributed by atoms with van der Waals surface area (Å²) < 4.78 is 8.06. The summed E-state index contributed by atoms with van der Waals surface area (Å²) >= 11 is 0. The monoisotopic (exact) mass is 304 g/mol. The third kappa shape index (κ3) is 2.56. The first-order valence-corrected chi connectivity index (χ1v) is 7.55. The lowest BCUT2D eigenvalue weighted by Crippen LogP contribution is -2.41. The molecule has 3 rings (SSSR count). The molecule has 1 aliphatic carbocycles. The van der Waals surface area contributed by atoms with Crippen LogP contribution in [0.15, 0.2) is 22.0 Å². The number of hydrogen-bond donors (Lipinski definition) is 0. The first kappa shape index (κ1) is 14.9. The Morgan fingerprint density at radius 1 is 1.18 bits per heavy atom. The molecule has 0 amide bonds. The van der Waals surface area contributed by atoms with Crippen LogP contribution in [-0.2, 0) is 18.3 Å². The van der Waals surface area contributed by atoms with Crippen LogP contribution in [0.5, 0.6) is 0 Å². The minimum Gasteiger partial charge on any atom is -0.381 e.